The van der Waals surface area contributed by atoms with E-state index in [9.17, 15) is 4.79 Å². The van der Waals surface area contributed by atoms with Crippen molar-refractivity contribution in [1.29, 1.82) is 0 Å². The molecule has 7 nitrogen and oxygen atoms in total. The summed E-state index contributed by atoms with van der Waals surface area (Å²) in [5.41, 5.74) is 2.65. The number of hydrogen-bond acceptors (Lipinski definition) is 5. The van der Waals surface area contributed by atoms with E-state index in [1.807, 2.05) is 36.4 Å². The zero-order valence-electron chi connectivity index (χ0n) is 15.5. The van der Waals surface area contributed by atoms with E-state index in [-0.39, 0.29) is 5.56 Å². The predicted molar refractivity (Wildman–Crippen MR) is 111 cm³/mol. The highest BCUT2D eigenvalue weighted by atomic mass is 35.5. The van der Waals surface area contributed by atoms with Crippen molar-refractivity contribution in [1.82, 2.24) is 29.1 Å². The largest absolute Gasteiger partial charge is 0.309 e. The second-order valence-electron chi connectivity index (χ2n) is 6.67. The Balaban J connectivity index is 1.83. The predicted octanol–water partition coefficient (Wildman–Crippen LogP) is 3.51. The number of aromatic nitrogens is 6. The zero-order valence-corrected chi connectivity index (χ0v) is 16.2. The van der Waals surface area contributed by atoms with Gasteiger partial charge in [-0.15, -0.1) is 5.10 Å². The lowest BCUT2D eigenvalue weighted by Gasteiger charge is -2.11. The highest BCUT2D eigenvalue weighted by Crippen LogP contribution is 2.27. The molecule has 0 atom stereocenters. The molecule has 5 aromatic rings. The van der Waals surface area contributed by atoms with E-state index in [0.717, 1.165) is 11.3 Å². The van der Waals surface area contributed by atoms with E-state index in [4.69, 9.17) is 11.6 Å². The van der Waals surface area contributed by atoms with E-state index < -0.39 is 0 Å². The van der Waals surface area contributed by atoms with Crippen LogP contribution >= 0.6 is 11.6 Å². The summed E-state index contributed by atoms with van der Waals surface area (Å²) >= 11 is 6.07. The van der Waals surface area contributed by atoms with Crippen LogP contribution in [0.4, 0.5) is 0 Å². The number of halogens is 1. The smallest absolute Gasteiger partial charge is 0.262 e. The Morgan fingerprint density at radius 1 is 1.03 bits per heavy atom. The molecule has 5 rings (SSSR count). The summed E-state index contributed by atoms with van der Waals surface area (Å²) in [4.78, 5) is 26.7. The van der Waals surface area contributed by atoms with Crippen molar-refractivity contribution in [3.05, 3.63) is 87.8 Å². The molecule has 8 heteroatoms. The molecule has 0 aliphatic heterocycles. The van der Waals surface area contributed by atoms with Gasteiger partial charge in [-0.1, -0.05) is 29.8 Å². The molecule has 4 heterocycles. The summed E-state index contributed by atoms with van der Waals surface area (Å²) in [6.45, 7) is 2.16. The number of fused-ring (bicyclic) bond motifs is 2. The maximum Gasteiger partial charge on any atom is 0.262 e. The molecule has 142 valence electrons. The number of pyridine rings is 2. The first-order valence-electron chi connectivity index (χ1n) is 9.02. The minimum atomic E-state index is -0.166. The van der Waals surface area contributed by atoms with Gasteiger partial charge in [0.1, 0.15) is 5.82 Å². The minimum Gasteiger partial charge on any atom is -0.309 e. The number of rotatable bonds is 3. The van der Waals surface area contributed by atoms with Crippen LogP contribution in [0.2, 0.25) is 5.02 Å². The minimum absolute atomic E-state index is 0.166. The Morgan fingerprint density at radius 2 is 1.86 bits per heavy atom. The van der Waals surface area contributed by atoms with Gasteiger partial charge in [0.15, 0.2) is 0 Å². The van der Waals surface area contributed by atoms with E-state index in [1.54, 1.807) is 40.5 Å². The summed E-state index contributed by atoms with van der Waals surface area (Å²) in [5, 5.41) is 5.56. The van der Waals surface area contributed by atoms with Gasteiger partial charge in [0.05, 0.1) is 28.8 Å². The normalized spacial score (nSPS) is 11.4. The Hall–Kier alpha value is -3.58. The van der Waals surface area contributed by atoms with Crippen LogP contribution in [-0.4, -0.2) is 29.1 Å². The fraction of sp³-hybridized carbons (Fsp3) is 0.0952. The van der Waals surface area contributed by atoms with E-state index >= 15 is 0 Å². The maximum atomic E-state index is 13.5. The molecular weight excluding hydrogens is 388 g/mol. The van der Waals surface area contributed by atoms with Gasteiger partial charge in [-0.3, -0.25) is 9.78 Å². The molecule has 4 aromatic heterocycles. The molecule has 0 aliphatic rings. The van der Waals surface area contributed by atoms with Crippen molar-refractivity contribution >= 4 is 28.3 Å². The Bertz CT molecular complexity index is 1410. The Morgan fingerprint density at radius 3 is 2.62 bits per heavy atom. The topological polar surface area (TPSA) is 78.0 Å². The van der Waals surface area contributed by atoms with E-state index in [1.165, 1.54) is 0 Å². The molecule has 0 fully saturated rings. The summed E-state index contributed by atoms with van der Waals surface area (Å²) in [6, 6.07) is 14.8. The lowest BCUT2D eigenvalue weighted by atomic mass is 10.1. The molecule has 0 amide bonds. The lowest BCUT2D eigenvalue weighted by Crippen LogP contribution is -2.22. The lowest BCUT2D eigenvalue weighted by molar-refractivity contribution is 0.745. The number of nitrogens with zero attached hydrogens (tertiary/aromatic N) is 6. The molecule has 0 spiro atoms. The number of aryl methyl sites for hydroxylation is 1. The SMILES string of the molecule is Cc1nc2nc3ccn(Cc4ccccn4)c(=O)c3c(-c3ccc(Cl)cc3)n2n1. The van der Waals surface area contributed by atoms with Crippen LogP contribution in [-0.2, 0) is 6.54 Å². The molecule has 0 saturated carbocycles. The van der Waals surface area contributed by atoms with Crippen molar-refractivity contribution < 1.29 is 0 Å². The molecule has 29 heavy (non-hydrogen) atoms. The van der Waals surface area contributed by atoms with Crippen LogP contribution in [0.25, 0.3) is 27.9 Å². The molecule has 0 aliphatic carbocycles. The van der Waals surface area contributed by atoms with Gasteiger partial charge in [0, 0.05) is 23.0 Å². The second kappa shape index (κ2) is 6.79. The van der Waals surface area contributed by atoms with Gasteiger partial charge >= 0.3 is 0 Å². The average molecular weight is 403 g/mol. The van der Waals surface area contributed by atoms with Gasteiger partial charge in [-0.2, -0.15) is 9.50 Å². The van der Waals surface area contributed by atoms with Gasteiger partial charge in [-0.05, 0) is 37.3 Å². The van der Waals surface area contributed by atoms with Gasteiger partial charge < -0.3 is 4.57 Å². The molecule has 0 radical (unpaired) electrons. The van der Waals surface area contributed by atoms with Crippen molar-refractivity contribution in [2.24, 2.45) is 0 Å². The number of benzene rings is 1. The maximum absolute atomic E-state index is 13.5. The van der Waals surface area contributed by atoms with Gasteiger partial charge in [0.25, 0.3) is 11.3 Å². The quantitative estimate of drug-likeness (QED) is 0.461. The third-order valence-electron chi connectivity index (χ3n) is 4.68. The average Bonchev–Trinajstić information content (AvgIpc) is 3.10. The molecule has 1 aromatic carbocycles. The summed E-state index contributed by atoms with van der Waals surface area (Å²) < 4.78 is 3.24. The van der Waals surface area contributed by atoms with Crippen LogP contribution in [0.5, 0.6) is 0 Å². The molecule has 0 saturated heterocycles. The third kappa shape index (κ3) is 3.05. The van der Waals surface area contributed by atoms with Crippen LogP contribution < -0.4 is 5.56 Å². The van der Waals surface area contributed by atoms with E-state index in [0.29, 0.717) is 39.8 Å². The first kappa shape index (κ1) is 17.5. The van der Waals surface area contributed by atoms with Crippen molar-refractivity contribution in [2.75, 3.05) is 0 Å². The van der Waals surface area contributed by atoms with E-state index in [2.05, 4.69) is 20.1 Å². The van der Waals surface area contributed by atoms with Crippen LogP contribution in [0.1, 0.15) is 11.5 Å². The Kier molecular flexibility index (Phi) is 4.10. The summed E-state index contributed by atoms with van der Waals surface area (Å²) in [5.74, 6) is 1.03. The van der Waals surface area contributed by atoms with Gasteiger partial charge in [-0.25, -0.2) is 4.98 Å². The first-order chi connectivity index (χ1) is 14.1. The first-order valence-corrected chi connectivity index (χ1v) is 9.40. The van der Waals surface area contributed by atoms with Crippen LogP contribution in [0.15, 0.2) is 65.7 Å². The third-order valence-corrected chi connectivity index (χ3v) is 4.94. The number of hydrogen-bond donors (Lipinski definition) is 0. The molecule has 0 N–H and O–H groups in total. The standard InChI is InChI=1S/C21H15ClN6O/c1-13-24-21-25-17-9-11-27(12-16-4-2-3-10-23-16)20(29)18(17)19(28(21)26-13)14-5-7-15(22)8-6-14/h2-11H,12H2,1H3. The monoisotopic (exact) mass is 402 g/mol. The van der Waals surface area contributed by atoms with Crippen molar-refractivity contribution in [3.8, 4) is 11.3 Å². The highest BCUT2D eigenvalue weighted by molar-refractivity contribution is 6.30. The van der Waals surface area contributed by atoms with Crippen LogP contribution in [0, 0.1) is 6.92 Å². The zero-order chi connectivity index (χ0) is 20.0. The second-order valence-corrected chi connectivity index (χ2v) is 7.10. The summed E-state index contributed by atoms with van der Waals surface area (Å²) in [7, 11) is 0. The highest BCUT2D eigenvalue weighted by Gasteiger charge is 2.18. The van der Waals surface area contributed by atoms with Crippen LogP contribution in [0.3, 0.4) is 0 Å². The van der Waals surface area contributed by atoms with Crippen molar-refractivity contribution in [2.45, 2.75) is 13.5 Å². The fourth-order valence-corrected chi connectivity index (χ4v) is 3.51. The van der Waals surface area contributed by atoms with Crippen molar-refractivity contribution in [3.63, 3.8) is 0 Å². The molecular formula is C21H15ClN6O. The fourth-order valence-electron chi connectivity index (χ4n) is 3.39. The molecule has 0 bridgehead atoms. The molecule has 0 unspecified atom stereocenters. The summed E-state index contributed by atoms with van der Waals surface area (Å²) in [6.07, 6.45) is 3.45. The Labute approximate surface area is 170 Å². The van der Waals surface area contributed by atoms with Gasteiger partial charge in [0.2, 0.25) is 0 Å².